The van der Waals surface area contributed by atoms with Gasteiger partial charge in [-0.15, -0.1) is 10.2 Å². The van der Waals surface area contributed by atoms with Gasteiger partial charge in [-0.25, -0.2) is 4.57 Å². The van der Waals surface area contributed by atoms with Gasteiger partial charge in [0, 0.05) is 17.9 Å². The number of nitrogens with zero attached hydrogens (tertiary/aromatic N) is 5. The largest absolute Gasteiger partial charge is 0.269 e. The van der Waals surface area contributed by atoms with Gasteiger partial charge in [-0.1, -0.05) is 68.1 Å². The van der Waals surface area contributed by atoms with Crippen molar-refractivity contribution in [2.45, 2.75) is 30.7 Å². The molecule has 170 valence electrons. The first kappa shape index (κ1) is 21.8. The van der Waals surface area contributed by atoms with E-state index < -0.39 is 4.92 Å². The normalized spacial score (nSPS) is 11.5. The molecule has 0 aliphatic carbocycles. The van der Waals surface area contributed by atoms with E-state index in [1.54, 1.807) is 22.8 Å². The van der Waals surface area contributed by atoms with Crippen LogP contribution in [-0.2, 0) is 5.75 Å². The second-order valence-electron chi connectivity index (χ2n) is 8.20. The quantitative estimate of drug-likeness (QED) is 0.188. The summed E-state index contributed by atoms with van der Waals surface area (Å²) in [5, 5.41) is 21.1. The van der Waals surface area contributed by atoms with Gasteiger partial charge in [0.15, 0.2) is 5.16 Å². The minimum Gasteiger partial charge on any atom is -0.268 e. The minimum absolute atomic E-state index is 0.0498. The Kier molecular flexibility index (Phi) is 5.62. The van der Waals surface area contributed by atoms with Gasteiger partial charge in [0.05, 0.1) is 21.5 Å². The number of nitro benzene ring substituents is 1. The van der Waals surface area contributed by atoms with Crippen LogP contribution < -0.4 is 5.56 Å². The van der Waals surface area contributed by atoms with E-state index in [0.717, 1.165) is 16.8 Å². The Morgan fingerprint density at radius 2 is 1.76 bits per heavy atom. The Hall–Kier alpha value is -3.98. The lowest BCUT2D eigenvalue weighted by atomic mass is 10.0. The molecule has 0 unspecified atom stereocenters. The topological polar surface area (TPSA) is 95.3 Å². The Morgan fingerprint density at radius 3 is 2.56 bits per heavy atom. The number of non-ortho nitro benzene ring substituents is 1. The molecule has 9 heteroatoms. The zero-order valence-corrected chi connectivity index (χ0v) is 19.4. The number of aromatic nitrogens is 4. The monoisotopic (exact) mass is 471 g/mol. The van der Waals surface area contributed by atoms with Crippen molar-refractivity contribution in [2.24, 2.45) is 0 Å². The Morgan fingerprint density at radius 1 is 1.00 bits per heavy atom. The van der Waals surface area contributed by atoms with Crippen LogP contribution in [0.2, 0.25) is 0 Å². The van der Waals surface area contributed by atoms with Crippen LogP contribution in [0.25, 0.3) is 22.4 Å². The number of benzene rings is 3. The fraction of sp³-hybridized carbons (Fsp3) is 0.160. The van der Waals surface area contributed by atoms with Crippen LogP contribution in [0, 0.1) is 10.1 Å². The maximum Gasteiger partial charge on any atom is 0.269 e. The second-order valence-corrected chi connectivity index (χ2v) is 9.15. The second kappa shape index (κ2) is 8.75. The third-order valence-corrected chi connectivity index (χ3v) is 6.68. The smallest absolute Gasteiger partial charge is 0.268 e. The molecule has 0 bridgehead atoms. The lowest BCUT2D eigenvalue weighted by Gasteiger charge is -2.16. The molecule has 8 nitrogen and oxygen atoms in total. The number of thioether (sulfide) groups is 1. The van der Waals surface area contributed by atoms with Crippen molar-refractivity contribution in [3.05, 3.63) is 104 Å². The van der Waals surface area contributed by atoms with Crippen molar-refractivity contribution >= 4 is 34.1 Å². The van der Waals surface area contributed by atoms with Crippen molar-refractivity contribution in [2.75, 3.05) is 0 Å². The highest BCUT2D eigenvalue weighted by Gasteiger charge is 2.20. The summed E-state index contributed by atoms with van der Waals surface area (Å²) in [6.07, 6.45) is 0. The SMILES string of the molecule is CC(C)c1ccccc1-n1c(=O)c2ccccc2n2c(SCc3cccc([N+](=O)[O-])c3)nnc12. The van der Waals surface area contributed by atoms with Gasteiger partial charge in [-0.05, 0) is 35.2 Å². The number of hydrogen-bond donors (Lipinski definition) is 0. The molecule has 5 rings (SSSR count). The molecular weight excluding hydrogens is 450 g/mol. The summed E-state index contributed by atoms with van der Waals surface area (Å²) < 4.78 is 3.51. The summed E-state index contributed by atoms with van der Waals surface area (Å²) in [6, 6.07) is 21.8. The minimum atomic E-state index is -0.404. The molecule has 34 heavy (non-hydrogen) atoms. The molecule has 0 atom stereocenters. The maximum absolute atomic E-state index is 13.6. The molecule has 0 amide bonds. The standard InChI is InChI=1S/C25H21N5O3S/c1-16(2)19-10-3-5-12-21(19)28-23(31)20-11-4-6-13-22(20)29-24(28)26-27-25(29)34-15-17-8-7-9-18(14-17)30(32)33/h3-14,16H,15H2,1-2H3. The third-order valence-electron chi connectivity index (χ3n) is 5.68. The van der Waals surface area contributed by atoms with Crippen molar-refractivity contribution in [3.63, 3.8) is 0 Å². The highest BCUT2D eigenvalue weighted by atomic mass is 32.2. The zero-order chi connectivity index (χ0) is 23.8. The van der Waals surface area contributed by atoms with Crippen LogP contribution >= 0.6 is 11.8 Å². The van der Waals surface area contributed by atoms with Crippen molar-refractivity contribution < 1.29 is 4.92 Å². The first-order valence-corrected chi connectivity index (χ1v) is 11.8. The summed E-state index contributed by atoms with van der Waals surface area (Å²) in [5.41, 5.74) is 3.23. The van der Waals surface area contributed by atoms with E-state index >= 15 is 0 Å². The Labute approximate surface area is 199 Å². The summed E-state index contributed by atoms with van der Waals surface area (Å²) in [6.45, 7) is 4.18. The Balaban J connectivity index is 1.69. The van der Waals surface area contributed by atoms with E-state index in [1.807, 2.05) is 52.9 Å². The predicted octanol–water partition coefficient (Wildman–Crippen LogP) is 5.36. The van der Waals surface area contributed by atoms with Crippen LogP contribution in [-0.4, -0.2) is 24.1 Å². The molecule has 5 aromatic rings. The van der Waals surface area contributed by atoms with Gasteiger partial charge in [-0.2, -0.15) is 0 Å². The highest BCUT2D eigenvalue weighted by Crippen LogP contribution is 2.28. The molecule has 0 N–H and O–H groups in total. The van der Waals surface area contributed by atoms with Gasteiger partial charge in [0.1, 0.15) is 0 Å². The van der Waals surface area contributed by atoms with Crippen molar-refractivity contribution in [1.29, 1.82) is 0 Å². The summed E-state index contributed by atoms with van der Waals surface area (Å²) in [7, 11) is 0. The van der Waals surface area contributed by atoms with E-state index in [9.17, 15) is 14.9 Å². The Bertz CT molecular complexity index is 1610. The average Bonchev–Trinajstić information content (AvgIpc) is 3.27. The lowest BCUT2D eigenvalue weighted by Crippen LogP contribution is -2.23. The molecule has 2 heterocycles. The summed E-state index contributed by atoms with van der Waals surface area (Å²) in [5.74, 6) is 1.11. The van der Waals surface area contributed by atoms with Crippen LogP contribution in [0.4, 0.5) is 5.69 Å². The lowest BCUT2D eigenvalue weighted by molar-refractivity contribution is -0.384. The van der Waals surface area contributed by atoms with E-state index in [2.05, 4.69) is 24.0 Å². The predicted molar refractivity (Wildman–Crippen MR) is 133 cm³/mol. The van der Waals surface area contributed by atoms with Gasteiger partial charge in [0.25, 0.3) is 11.2 Å². The van der Waals surface area contributed by atoms with E-state index in [-0.39, 0.29) is 17.2 Å². The molecule has 0 aliphatic rings. The zero-order valence-electron chi connectivity index (χ0n) is 18.6. The summed E-state index contributed by atoms with van der Waals surface area (Å²) >= 11 is 1.42. The molecule has 0 aliphatic heterocycles. The number of nitro groups is 1. The van der Waals surface area contributed by atoms with Gasteiger partial charge in [-0.3, -0.25) is 19.3 Å². The molecule has 0 radical (unpaired) electrons. The average molecular weight is 472 g/mol. The summed E-state index contributed by atoms with van der Waals surface area (Å²) in [4.78, 5) is 24.3. The van der Waals surface area contributed by atoms with E-state index in [0.29, 0.717) is 27.6 Å². The van der Waals surface area contributed by atoms with Crippen LogP contribution in [0.3, 0.4) is 0 Å². The number of fused-ring (bicyclic) bond motifs is 3. The fourth-order valence-corrected chi connectivity index (χ4v) is 4.96. The van der Waals surface area contributed by atoms with Gasteiger partial charge in [0.2, 0.25) is 5.78 Å². The molecule has 2 aromatic heterocycles. The first-order chi connectivity index (χ1) is 16.5. The fourth-order valence-electron chi connectivity index (χ4n) is 4.08. The molecule has 0 fully saturated rings. The molecule has 0 saturated carbocycles. The van der Waals surface area contributed by atoms with Crippen molar-refractivity contribution in [3.8, 4) is 5.69 Å². The van der Waals surface area contributed by atoms with Crippen LogP contribution in [0.1, 0.15) is 30.9 Å². The number of para-hydroxylation sites is 2. The van der Waals surface area contributed by atoms with E-state index in [1.165, 1.54) is 17.8 Å². The molecule has 3 aromatic carbocycles. The number of rotatable bonds is 6. The maximum atomic E-state index is 13.6. The van der Waals surface area contributed by atoms with Crippen molar-refractivity contribution in [1.82, 2.24) is 19.2 Å². The van der Waals surface area contributed by atoms with Gasteiger partial charge >= 0.3 is 0 Å². The molecular formula is C25H21N5O3S. The van der Waals surface area contributed by atoms with Crippen LogP contribution in [0.15, 0.2) is 82.7 Å². The number of hydrogen-bond acceptors (Lipinski definition) is 6. The first-order valence-electron chi connectivity index (χ1n) is 10.8. The van der Waals surface area contributed by atoms with Crippen LogP contribution in [0.5, 0.6) is 0 Å². The highest BCUT2D eigenvalue weighted by molar-refractivity contribution is 7.98. The molecule has 0 saturated heterocycles. The molecule has 0 spiro atoms. The third kappa shape index (κ3) is 3.73. The van der Waals surface area contributed by atoms with Gasteiger partial charge < -0.3 is 0 Å². The van der Waals surface area contributed by atoms with E-state index in [4.69, 9.17) is 0 Å².